The van der Waals surface area contributed by atoms with Crippen molar-refractivity contribution in [2.75, 3.05) is 26.4 Å². The van der Waals surface area contributed by atoms with Crippen molar-refractivity contribution >= 4 is 19.8 Å². The minimum atomic E-state index is -4.40. The van der Waals surface area contributed by atoms with Gasteiger partial charge in [0, 0.05) is 19.4 Å². The summed E-state index contributed by atoms with van der Waals surface area (Å²) < 4.78 is 32.7. The third-order valence-corrected chi connectivity index (χ3v) is 8.94. The molecule has 0 aliphatic carbocycles. The maximum absolute atomic E-state index is 12.5. The lowest BCUT2D eigenvalue weighted by Crippen LogP contribution is -2.29. The Labute approximate surface area is 334 Å². The molecule has 0 bridgehead atoms. The number of hydrogen-bond donors (Lipinski definition) is 2. The van der Waals surface area contributed by atoms with E-state index in [4.69, 9.17) is 24.3 Å². The molecule has 0 aliphatic rings. The molecule has 0 aromatic carbocycles. The lowest BCUT2D eigenvalue weighted by atomic mass is 10.1. The molecule has 0 radical (unpaired) electrons. The highest BCUT2D eigenvalue weighted by Gasteiger charge is 2.25. The van der Waals surface area contributed by atoms with E-state index < -0.39 is 32.5 Å². The smallest absolute Gasteiger partial charge is 0.462 e. The van der Waals surface area contributed by atoms with Crippen LogP contribution in [-0.2, 0) is 32.7 Å². The number of carbonyl (C=O) groups is 2. The van der Waals surface area contributed by atoms with E-state index in [-0.39, 0.29) is 32.6 Å². The van der Waals surface area contributed by atoms with E-state index in [0.717, 1.165) is 83.5 Å². The van der Waals surface area contributed by atoms with Crippen molar-refractivity contribution in [1.82, 2.24) is 0 Å². The summed E-state index contributed by atoms with van der Waals surface area (Å²) in [6.07, 6.45) is 51.5. The van der Waals surface area contributed by atoms with E-state index in [1.54, 1.807) is 0 Å². The number of nitrogens with two attached hydrogens (primary N) is 1. The zero-order chi connectivity index (χ0) is 40.3. The van der Waals surface area contributed by atoms with Crippen LogP contribution in [0.2, 0.25) is 0 Å². The van der Waals surface area contributed by atoms with Crippen LogP contribution in [0, 0.1) is 0 Å². The molecule has 0 fully saturated rings. The first-order valence-electron chi connectivity index (χ1n) is 20.7. The zero-order valence-electron chi connectivity index (χ0n) is 34.1. The number of rotatable bonds is 37. The number of ether oxygens (including phenoxy) is 2. The van der Waals surface area contributed by atoms with Gasteiger partial charge in [-0.25, -0.2) is 4.57 Å². The highest BCUT2D eigenvalue weighted by molar-refractivity contribution is 7.47. The van der Waals surface area contributed by atoms with E-state index >= 15 is 0 Å². The fraction of sp³-hybridized carbons (Fsp3) is 0.600. The Morgan fingerprint density at radius 3 is 1.49 bits per heavy atom. The Bertz CT molecular complexity index is 1220. The van der Waals surface area contributed by atoms with E-state index in [2.05, 4.69) is 111 Å². The normalized spacial score (nSPS) is 14.3. The van der Waals surface area contributed by atoms with Crippen LogP contribution in [0.15, 0.2) is 97.2 Å². The average molecular weight is 788 g/mol. The van der Waals surface area contributed by atoms with Crippen molar-refractivity contribution in [1.29, 1.82) is 0 Å². The summed E-state index contributed by atoms with van der Waals surface area (Å²) in [4.78, 5) is 34.8. The highest BCUT2D eigenvalue weighted by atomic mass is 31.2. The van der Waals surface area contributed by atoms with E-state index in [1.807, 2.05) is 0 Å². The van der Waals surface area contributed by atoms with Crippen LogP contribution in [-0.4, -0.2) is 49.3 Å². The first-order valence-corrected chi connectivity index (χ1v) is 22.2. The van der Waals surface area contributed by atoms with Gasteiger partial charge in [0.2, 0.25) is 0 Å². The van der Waals surface area contributed by atoms with Crippen LogP contribution in [0.1, 0.15) is 142 Å². The molecule has 0 aliphatic heterocycles. The van der Waals surface area contributed by atoms with Crippen LogP contribution in [0.25, 0.3) is 0 Å². The molecule has 10 heteroatoms. The lowest BCUT2D eigenvalue weighted by Gasteiger charge is -2.19. The van der Waals surface area contributed by atoms with Crippen molar-refractivity contribution in [3.63, 3.8) is 0 Å². The van der Waals surface area contributed by atoms with Crippen molar-refractivity contribution in [2.24, 2.45) is 5.73 Å². The molecule has 0 rings (SSSR count). The number of carbonyl (C=O) groups excluding carboxylic acids is 2. The Kier molecular flexibility index (Phi) is 38.3. The summed E-state index contributed by atoms with van der Waals surface area (Å²) in [6, 6.07) is 0. The fourth-order valence-electron chi connectivity index (χ4n) is 4.90. The summed E-state index contributed by atoms with van der Waals surface area (Å²) >= 11 is 0. The summed E-state index contributed by atoms with van der Waals surface area (Å²) in [5.74, 6) is -0.923. The molecule has 2 atom stereocenters. The van der Waals surface area contributed by atoms with Gasteiger partial charge in [-0.05, 0) is 96.3 Å². The molecule has 55 heavy (non-hydrogen) atoms. The van der Waals surface area contributed by atoms with Crippen LogP contribution < -0.4 is 5.73 Å². The maximum Gasteiger partial charge on any atom is 0.472 e. The SMILES string of the molecule is CC/C=C\C/C=C\C/C=C\C/C=C\C/C=C\CCCCCC(=O)OC[C@H](COP(=O)(O)OCCN)OC(=O)CCCC/C=C\C/C=C\C/C=C\CCCCC. The van der Waals surface area contributed by atoms with Gasteiger partial charge < -0.3 is 20.1 Å². The molecule has 0 saturated heterocycles. The van der Waals surface area contributed by atoms with Crippen molar-refractivity contribution in [3.8, 4) is 0 Å². The molecular weight excluding hydrogens is 713 g/mol. The molecule has 9 nitrogen and oxygen atoms in total. The second kappa shape index (κ2) is 40.6. The summed E-state index contributed by atoms with van der Waals surface area (Å²) in [5.41, 5.74) is 5.34. The molecule has 312 valence electrons. The predicted octanol–water partition coefficient (Wildman–Crippen LogP) is 11.8. The van der Waals surface area contributed by atoms with Crippen molar-refractivity contribution < 1.29 is 37.6 Å². The Hall–Kier alpha value is -3.07. The van der Waals surface area contributed by atoms with Gasteiger partial charge >= 0.3 is 19.8 Å². The van der Waals surface area contributed by atoms with Gasteiger partial charge in [0.05, 0.1) is 13.2 Å². The van der Waals surface area contributed by atoms with E-state index in [9.17, 15) is 19.0 Å². The number of hydrogen-bond acceptors (Lipinski definition) is 8. The molecule has 0 saturated carbocycles. The first-order chi connectivity index (χ1) is 26.8. The highest BCUT2D eigenvalue weighted by Crippen LogP contribution is 2.43. The zero-order valence-corrected chi connectivity index (χ0v) is 35.0. The third-order valence-electron chi connectivity index (χ3n) is 7.95. The number of phosphoric acid groups is 1. The number of unbranched alkanes of at least 4 members (excludes halogenated alkanes) is 8. The standard InChI is InChI=1S/C45H74NO8P/c1-3-5-7-9-11-13-15-17-19-20-21-22-24-25-27-29-31-33-35-37-44(47)51-41-43(42-53-55(49,50)52-40-39-46)54-45(48)38-36-34-32-30-28-26-23-18-16-14-12-10-8-6-4-2/h5,7,11-14,17-19,21-23,25,27-28,30,43H,3-4,6,8-10,15-16,20,24,26,29,31-42,46H2,1-2H3,(H,49,50)/b7-5-,13-11-,14-12-,19-17-,22-21-,23-18-,27-25-,30-28-/t43-/m1/s1. The van der Waals surface area contributed by atoms with Gasteiger partial charge in [-0.3, -0.25) is 18.6 Å². The second-order valence-corrected chi connectivity index (χ2v) is 14.6. The Morgan fingerprint density at radius 1 is 0.564 bits per heavy atom. The fourth-order valence-corrected chi connectivity index (χ4v) is 5.67. The first kappa shape index (κ1) is 51.9. The van der Waals surface area contributed by atoms with Crippen LogP contribution in [0.3, 0.4) is 0 Å². The lowest BCUT2D eigenvalue weighted by molar-refractivity contribution is -0.161. The van der Waals surface area contributed by atoms with Gasteiger partial charge in [0.25, 0.3) is 0 Å². The van der Waals surface area contributed by atoms with Crippen LogP contribution in [0.5, 0.6) is 0 Å². The maximum atomic E-state index is 12.5. The predicted molar refractivity (Wildman–Crippen MR) is 228 cm³/mol. The number of phosphoric ester groups is 1. The molecule has 0 aromatic heterocycles. The third kappa shape index (κ3) is 40.4. The topological polar surface area (TPSA) is 134 Å². The molecule has 3 N–H and O–H groups in total. The van der Waals surface area contributed by atoms with Crippen LogP contribution >= 0.6 is 7.82 Å². The van der Waals surface area contributed by atoms with E-state index in [1.165, 1.54) is 19.3 Å². The van der Waals surface area contributed by atoms with Crippen molar-refractivity contribution in [2.45, 2.75) is 148 Å². The molecule has 0 heterocycles. The van der Waals surface area contributed by atoms with Gasteiger partial charge in [0.1, 0.15) is 6.61 Å². The van der Waals surface area contributed by atoms with Gasteiger partial charge in [-0.2, -0.15) is 0 Å². The van der Waals surface area contributed by atoms with Gasteiger partial charge in [0.15, 0.2) is 6.10 Å². The molecule has 0 aromatic rings. The van der Waals surface area contributed by atoms with Gasteiger partial charge in [-0.15, -0.1) is 0 Å². The summed E-state index contributed by atoms with van der Waals surface area (Å²) in [5, 5.41) is 0. The minimum Gasteiger partial charge on any atom is -0.462 e. The second-order valence-electron chi connectivity index (χ2n) is 13.1. The molecule has 0 amide bonds. The minimum absolute atomic E-state index is 0.0367. The van der Waals surface area contributed by atoms with Crippen LogP contribution in [0.4, 0.5) is 0 Å². The van der Waals surface area contributed by atoms with Gasteiger partial charge in [-0.1, -0.05) is 130 Å². The van der Waals surface area contributed by atoms with E-state index in [0.29, 0.717) is 12.8 Å². The quantitative estimate of drug-likeness (QED) is 0.0273. The monoisotopic (exact) mass is 788 g/mol. The van der Waals surface area contributed by atoms with Crippen molar-refractivity contribution in [3.05, 3.63) is 97.2 Å². The summed E-state index contributed by atoms with van der Waals surface area (Å²) in [7, 11) is -4.40. The number of esters is 2. The molecular formula is C45H74NO8P. The largest absolute Gasteiger partial charge is 0.472 e. The molecule has 1 unspecified atom stereocenters. The molecule has 0 spiro atoms. The Morgan fingerprint density at radius 2 is 1.00 bits per heavy atom. The summed E-state index contributed by atoms with van der Waals surface area (Å²) in [6.45, 7) is 3.47. The number of allylic oxidation sites excluding steroid dienone is 16. The Balaban J connectivity index is 4.33. The average Bonchev–Trinajstić information content (AvgIpc) is 3.17.